The number of benzene rings is 1. The van der Waals surface area contributed by atoms with Crippen LogP contribution in [0, 0.1) is 23.5 Å². The van der Waals surface area contributed by atoms with Gasteiger partial charge >= 0.3 is 0 Å². The van der Waals surface area contributed by atoms with Crippen molar-refractivity contribution in [1.82, 2.24) is 4.98 Å². The molecule has 5 nitrogen and oxygen atoms in total. The molecule has 0 amide bonds. The fraction of sp³-hybridized carbons (Fsp3) is 0.143. The van der Waals surface area contributed by atoms with Gasteiger partial charge in [0.1, 0.15) is 17.2 Å². The van der Waals surface area contributed by atoms with Crippen LogP contribution in [-0.2, 0) is 0 Å². The summed E-state index contributed by atoms with van der Waals surface area (Å²) in [7, 11) is 1.41. The summed E-state index contributed by atoms with van der Waals surface area (Å²) < 4.78 is 57.9. The number of hydrogen-bond acceptors (Lipinski definition) is 5. The number of rotatable bonds is 4. The van der Waals surface area contributed by atoms with Crippen LogP contribution in [0.25, 0.3) is 0 Å². The molecule has 0 aliphatic heterocycles. The topological polar surface area (TPSA) is 66.7 Å². The van der Waals surface area contributed by atoms with E-state index in [2.05, 4.69) is 10.1 Å². The molecule has 0 radical (unpaired) electrons. The first-order valence-electron chi connectivity index (χ1n) is 6.22. The summed E-state index contributed by atoms with van der Waals surface area (Å²) >= 11 is 0. The van der Waals surface area contributed by atoms with Crippen molar-refractivity contribution in [1.29, 1.82) is 0 Å². The van der Waals surface area contributed by atoms with Gasteiger partial charge in [-0.1, -0.05) is 0 Å². The average molecular weight is 329 g/mol. The zero-order chi connectivity index (χ0) is 17.1. The second-order valence-electron chi connectivity index (χ2n) is 4.39. The number of methoxy groups -OCH3 is 1. The lowest BCUT2D eigenvalue weighted by atomic mass is 10.1. The summed E-state index contributed by atoms with van der Waals surface area (Å²) in [6.07, 6.45) is 0. The standard InChI is InChI=1S/C14H11F4N3O2/c1-6(8-5-7(23-2)3-4-9(8)22)20-21-12-10(15)13(17)19-14(18)11(12)16/h3-5,22H,1-2H3,(H,19,21)/b20-6+. The lowest BCUT2D eigenvalue weighted by Gasteiger charge is -2.09. The van der Waals surface area contributed by atoms with E-state index in [-0.39, 0.29) is 17.0 Å². The highest BCUT2D eigenvalue weighted by Gasteiger charge is 2.20. The number of ether oxygens (including phenoxy) is 1. The number of nitrogens with zero attached hydrogens (tertiary/aromatic N) is 2. The van der Waals surface area contributed by atoms with Crippen LogP contribution in [0.5, 0.6) is 11.5 Å². The number of hydrogen-bond donors (Lipinski definition) is 2. The van der Waals surface area contributed by atoms with E-state index in [9.17, 15) is 22.7 Å². The first kappa shape index (κ1) is 16.5. The fourth-order valence-electron chi connectivity index (χ4n) is 1.72. The highest BCUT2D eigenvalue weighted by atomic mass is 19.2. The number of phenolic OH excluding ortho intramolecular Hbond substituents is 1. The van der Waals surface area contributed by atoms with E-state index < -0.39 is 29.2 Å². The van der Waals surface area contributed by atoms with E-state index in [0.29, 0.717) is 5.75 Å². The molecule has 0 atom stereocenters. The molecule has 0 aliphatic carbocycles. The van der Waals surface area contributed by atoms with Gasteiger partial charge in [-0.2, -0.15) is 27.6 Å². The average Bonchev–Trinajstić information content (AvgIpc) is 2.53. The lowest BCUT2D eigenvalue weighted by molar-refractivity contribution is 0.411. The molecule has 0 bridgehead atoms. The zero-order valence-corrected chi connectivity index (χ0v) is 12.0. The van der Waals surface area contributed by atoms with Gasteiger partial charge in [-0.3, -0.25) is 5.43 Å². The van der Waals surface area contributed by atoms with E-state index in [1.807, 2.05) is 5.43 Å². The SMILES string of the molecule is COc1ccc(O)c(/C(C)=N/Nc2c(F)c(F)nc(F)c2F)c1. The molecule has 2 rings (SSSR count). The highest BCUT2D eigenvalue weighted by molar-refractivity contribution is 6.01. The lowest BCUT2D eigenvalue weighted by Crippen LogP contribution is -2.08. The Morgan fingerprint density at radius 2 is 1.78 bits per heavy atom. The van der Waals surface area contributed by atoms with Gasteiger partial charge in [-0.05, 0) is 25.1 Å². The summed E-state index contributed by atoms with van der Waals surface area (Å²) in [5, 5.41) is 13.4. The van der Waals surface area contributed by atoms with Gasteiger partial charge < -0.3 is 9.84 Å². The molecule has 2 aromatic rings. The van der Waals surface area contributed by atoms with Gasteiger partial charge in [-0.15, -0.1) is 0 Å². The Labute approximate surface area is 128 Å². The third-order valence-electron chi connectivity index (χ3n) is 2.93. The van der Waals surface area contributed by atoms with Gasteiger partial charge in [0, 0.05) is 5.56 Å². The fourth-order valence-corrected chi connectivity index (χ4v) is 1.72. The molecule has 0 unspecified atom stereocenters. The van der Waals surface area contributed by atoms with E-state index in [1.165, 1.54) is 32.2 Å². The maximum absolute atomic E-state index is 13.4. The maximum Gasteiger partial charge on any atom is 0.254 e. The first-order chi connectivity index (χ1) is 10.8. The molecule has 9 heteroatoms. The Morgan fingerprint density at radius 1 is 1.17 bits per heavy atom. The van der Waals surface area contributed by atoms with Crippen molar-refractivity contribution in [2.45, 2.75) is 6.92 Å². The maximum atomic E-state index is 13.4. The minimum absolute atomic E-state index is 0.0952. The number of anilines is 1. The highest BCUT2D eigenvalue weighted by Crippen LogP contribution is 2.25. The molecule has 0 fully saturated rings. The molecular weight excluding hydrogens is 318 g/mol. The monoisotopic (exact) mass is 329 g/mol. The Kier molecular flexibility index (Phi) is 4.68. The van der Waals surface area contributed by atoms with Crippen molar-refractivity contribution in [3.05, 3.63) is 47.3 Å². The van der Waals surface area contributed by atoms with Crippen molar-refractivity contribution < 1.29 is 27.4 Å². The third kappa shape index (κ3) is 3.33. The van der Waals surface area contributed by atoms with E-state index >= 15 is 0 Å². The molecule has 0 spiro atoms. The van der Waals surface area contributed by atoms with Crippen molar-refractivity contribution in [3.8, 4) is 11.5 Å². The minimum atomic E-state index is -1.80. The van der Waals surface area contributed by atoms with Gasteiger partial charge in [0.15, 0.2) is 0 Å². The Bertz CT molecular complexity index is 755. The van der Waals surface area contributed by atoms with Gasteiger partial charge in [0.25, 0.3) is 11.9 Å². The number of pyridine rings is 1. The van der Waals surface area contributed by atoms with E-state index in [1.54, 1.807) is 0 Å². The van der Waals surface area contributed by atoms with Crippen LogP contribution < -0.4 is 10.2 Å². The number of aromatic hydroxyl groups is 1. The Morgan fingerprint density at radius 3 is 2.35 bits per heavy atom. The molecule has 1 aromatic heterocycles. The summed E-state index contributed by atoms with van der Waals surface area (Å²) in [5.41, 5.74) is 1.06. The largest absolute Gasteiger partial charge is 0.507 e. The van der Waals surface area contributed by atoms with Crippen molar-refractivity contribution in [3.63, 3.8) is 0 Å². The number of phenols is 1. The molecule has 0 aliphatic rings. The smallest absolute Gasteiger partial charge is 0.254 e. The third-order valence-corrected chi connectivity index (χ3v) is 2.93. The van der Waals surface area contributed by atoms with Crippen LogP contribution in [-0.4, -0.2) is 22.9 Å². The van der Waals surface area contributed by atoms with E-state index in [0.717, 1.165) is 0 Å². The number of halogens is 4. The van der Waals surface area contributed by atoms with Crippen LogP contribution in [0.15, 0.2) is 23.3 Å². The quantitative estimate of drug-likeness (QED) is 0.391. The zero-order valence-electron chi connectivity index (χ0n) is 12.0. The molecular formula is C14H11F4N3O2. The number of aromatic nitrogens is 1. The molecule has 122 valence electrons. The summed E-state index contributed by atoms with van der Waals surface area (Å²) in [4.78, 5) is 2.43. The van der Waals surface area contributed by atoms with Gasteiger partial charge in [0.05, 0.1) is 12.8 Å². The van der Waals surface area contributed by atoms with Gasteiger partial charge in [-0.25, -0.2) is 0 Å². The summed E-state index contributed by atoms with van der Waals surface area (Å²) in [5.74, 6) is -6.79. The van der Waals surface area contributed by atoms with Crippen LogP contribution in [0.4, 0.5) is 23.2 Å². The van der Waals surface area contributed by atoms with Crippen LogP contribution in [0.3, 0.4) is 0 Å². The number of hydrazone groups is 1. The molecule has 1 aromatic carbocycles. The number of nitrogens with one attached hydrogen (secondary N) is 1. The second kappa shape index (κ2) is 6.51. The molecule has 23 heavy (non-hydrogen) atoms. The predicted octanol–water partition coefficient (Wildman–Crippen LogP) is 3.19. The van der Waals surface area contributed by atoms with Crippen LogP contribution >= 0.6 is 0 Å². The molecule has 2 N–H and O–H groups in total. The normalized spacial score (nSPS) is 11.5. The minimum Gasteiger partial charge on any atom is -0.507 e. The predicted molar refractivity (Wildman–Crippen MR) is 74.6 cm³/mol. The van der Waals surface area contributed by atoms with Crippen molar-refractivity contribution >= 4 is 11.4 Å². The van der Waals surface area contributed by atoms with Crippen molar-refractivity contribution in [2.24, 2.45) is 5.10 Å². The second-order valence-corrected chi connectivity index (χ2v) is 4.39. The van der Waals surface area contributed by atoms with Crippen LogP contribution in [0.1, 0.15) is 12.5 Å². The Hall–Kier alpha value is -2.84. The van der Waals surface area contributed by atoms with Crippen LogP contribution in [0.2, 0.25) is 0 Å². The molecule has 1 heterocycles. The van der Waals surface area contributed by atoms with E-state index in [4.69, 9.17) is 4.74 Å². The van der Waals surface area contributed by atoms with Gasteiger partial charge in [0.2, 0.25) is 11.6 Å². The van der Waals surface area contributed by atoms with Crippen molar-refractivity contribution in [2.75, 3.05) is 12.5 Å². The Balaban J connectivity index is 2.38. The first-order valence-corrected chi connectivity index (χ1v) is 6.22. The molecule has 0 saturated heterocycles. The molecule has 0 saturated carbocycles. The summed E-state index contributed by atoms with van der Waals surface area (Å²) in [6.45, 7) is 1.41. The summed E-state index contributed by atoms with van der Waals surface area (Å²) in [6, 6.07) is 4.25.